The molecular weight excluding hydrogens is 292 g/mol. The number of halogens is 2. The summed E-state index contributed by atoms with van der Waals surface area (Å²) in [6.07, 6.45) is 0.499. The molecule has 0 saturated carbocycles. The average molecular weight is 313 g/mol. The molecule has 0 bridgehead atoms. The third kappa shape index (κ3) is 3.92. The third-order valence-corrected chi connectivity index (χ3v) is 3.82. The van der Waals surface area contributed by atoms with Crippen molar-refractivity contribution in [3.8, 4) is 0 Å². The first-order valence-corrected chi connectivity index (χ1v) is 7.26. The monoisotopic (exact) mass is 313 g/mol. The quantitative estimate of drug-likeness (QED) is 0.823. The second-order valence-corrected chi connectivity index (χ2v) is 5.37. The van der Waals surface area contributed by atoms with Gasteiger partial charge in [0.05, 0.1) is 12.5 Å². The summed E-state index contributed by atoms with van der Waals surface area (Å²) in [6.45, 7) is 1.14. The highest BCUT2D eigenvalue weighted by Crippen LogP contribution is 2.26. The second-order valence-electron chi connectivity index (χ2n) is 5.37. The van der Waals surface area contributed by atoms with Crippen molar-refractivity contribution in [1.29, 1.82) is 0 Å². The van der Waals surface area contributed by atoms with Gasteiger partial charge >= 0.3 is 0 Å². The normalized spacial score (nSPS) is 19.3. The Balaban J connectivity index is 1.92. The van der Waals surface area contributed by atoms with E-state index in [0.29, 0.717) is 19.5 Å². The number of methoxy groups -OCH3 is 1. The average Bonchev–Trinajstić information content (AvgIpc) is 2.92. The van der Waals surface area contributed by atoms with E-state index in [1.165, 1.54) is 25.3 Å². The third-order valence-electron chi connectivity index (χ3n) is 3.82. The van der Waals surface area contributed by atoms with Crippen molar-refractivity contribution in [2.75, 3.05) is 31.6 Å². The van der Waals surface area contributed by atoms with E-state index in [1.54, 1.807) is 4.90 Å². The topological polar surface area (TPSA) is 67.6 Å². The zero-order valence-electron chi connectivity index (χ0n) is 12.5. The van der Waals surface area contributed by atoms with E-state index in [4.69, 9.17) is 10.5 Å². The fraction of sp³-hybridized carbons (Fsp3) is 0.533. The predicted molar refractivity (Wildman–Crippen MR) is 79.6 cm³/mol. The van der Waals surface area contributed by atoms with Crippen LogP contribution in [-0.4, -0.2) is 44.8 Å². The molecule has 0 aliphatic carbocycles. The van der Waals surface area contributed by atoms with Crippen LogP contribution >= 0.6 is 0 Å². The number of nitrogens with one attached hydrogen (secondary N) is 1. The van der Waals surface area contributed by atoms with Gasteiger partial charge in [0.1, 0.15) is 17.3 Å². The Kier molecular flexibility index (Phi) is 5.68. The maximum absolute atomic E-state index is 13.8. The summed E-state index contributed by atoms with van der Waals surface area (Å²) in [5.74, 6) is -1.35. The SMILES string of the molecule is COC(CN)CC(=O)NC1CCN(c2c(F)cccc2F)C1. The summed E-state index contributed by atoms with van der Waals surface area (Å²) in [5, 5.41) is 2.86. The largest absolute Gasteiger partial charge is 0.380 e. The van der Waals surface area contributed by atoms with Crippen LogP contribution in [0.1, 0.15) is 12.8 Å². The van der Waals surface area contributed by atoms with E-state index in [2.05, 4.69) is 5.32 Å². The number of nitrogens with two attached hydrogens (primary N) is 1. The molecule has 3 N–H and O–H groups in total. The van der Waals surface area contributed by atoms with Gasteiger partial charge in [-0.05, 0) is 18.6 Å². The maximum atomic E-state index is 13.8. The van der Waals surface area contributed by atoms with Gasteiger partial charge in [-0.15, -0.1) is 0 Å². The van der Waals surface area contributed by atoms with E-state index in [1.807, 2.05) is 0 Å². The van der Waals surface area contributed by atoms with Crippen LogP contribution in [0.2, 0.25) is 0 Å². The van der Waals surface area contributed by atoms with E-state index in [0.717, 1.165) is 0 Å². The fourth-order valence-electron chi connectivity index (χ4n) is 2.63. The molecule has 1 aliphatic heterocycles. The van der Waals surface area contributed by atoms with E-state index >= 15 is 0 Å². The minimum absolute atomic E-state index is 0.0315. The molecule has 0 spiro atoms. The van der Waals surface area contributed by atoms with Gasteiger partial charge in [-0.3, -0.25) is 4.79 Å². The Morgan fingerprint density at radius 1 is 1.50 bits per heavy atom. The van der Waals surface area contributed by atoms with E-state index in [-0.39, 0.29) is 36.7 Å². The van der Waals surface area contributed by atoms with Crippen LogP contribution in [-0.2, 0) is 9.53 Å². The number of carbonyl (C=O) groups excluding carboxylic acids is 1. The number of hydrogen-bond donors (Lipinski definition) is 2. The summed E-state index contributed by atoms with van der Waals surface area (Å²) < 4.78 is 32.6. The summed E-state index contributed by atoms with van der Waals surface area (Å²) in [5.41, 5.74) is 5.44. The Labute approximate surface area is 128 Å². The lowest BCUT2D eigenvalue weighted by Gasteiger charge is -2.20. The van der Waals surface area contributed by atoms with Crippen LogP contribution in [0.25, 0.3) is 0 Å². The zero-order valence-corrected chi connectivity index (χ0v) is 12.5. The van der Waals surface area contributed by atoms with Crippen molar-refractivity contribution >= 4 is 11.6 Å². The minimum atomic E-state index is -0.588. The van der Waals surface area contributed by atoms with Gasteiger partial charge < -0.3 is 20.7 Å². The van der Waals surface area contributed by atoms with Gasteiger partial charge in [-0.2, -0.15) is 0 Å². The van der Waals surface area contributed by atoms with Crippen molar-refractivity contribution in [3.63, 3.8) is 0 Å². The lowest BCUT2D eigenvalue weighted by atomic mass is 10.2. The minimum Gasteiger partial charge on any atom is -0.380 e. The molecule has 1 aromatic carbocycles. The molecule has 1 fully saturated rings. The highest BCUT2D eigenvalue weighted by Gasteiger charge is 2.28. The number of anilines is 1. The number of ether oxygens (including phenoxy) is 1. The van der Waals surface area contributed by atoms with Gasteiger partial charge in [0.15, 0.2) is 0 Å². The van der Waals surface area contributed by atoms with Crippen molar-refractivity contribution in [3.05, 3.63) is 29.8 Å². The molecule has 2 atom stereocenters. The van der Waals surface area contributed by atoms with Gasteiger partial charge in [0.2, 0.25) is 5.91 Å². The summed E-state index contributed by atoms with van der Waals surface area (Å²) in [4.78, 5) is 13.5. The van der Waals surface area contributed by atoms with Gasteiger partial charge in [-0.25, -0.2) is 8.78 Å². The first kappa shape index (κ1) is 16.6. The van der Waals surface area contributed by atoms with Crippen molar-refractivity contribution in [2.24, 2.45) is 5.73 Å². The zero-order chi connectivity index (χ0) is 16.1. The number of amides is 1. The van der Waals surface area contributed by atoms with E-state index < -0.39 is 11.6 Å². The van der Waals surface area contributed by atoms with Crippen LogP contribution in [0, 0.1) is 11.6 Å². The molecule has 1 saturated heterocycles. The number of hydrogen-bond acceptors (Lipinski definition) is 4. The Hall–Kier alpha value is -1.73. The predicted octanol–water partition coefficient (Wildman–Crippen LogP) is 1.02. The summed E-state index contributed by atoms with van der Waals surface area (Å²) in [6, 6.07) is 3.66. The molecule has 122 valence electrons. The molecule has 1 aliphatic rings. The first-order chi connectivity index (χ1) is 10.5. The number of benzene rings is 1. The van der Waals surface area contributed by atoms with Crippen LogP contribution < -0.4 is 16.0 Å². The lowest BCUT2D eigenvalue weighted by Crippen LogP contribution is -2.40. The molecule has 0 aromatic heterocycles. The fourth-order valence-corrected chi connectivity index (χ4v) is 2.63. The van der Waals surface area contributed by atoms with Crippen LogP contribution in [0.5, 0.6) is 0 Å². The van der Waals surface area contributed by atoms with Crippen LogP contribution in [0.3, 0.4) is 0 Å². The molecule has 2 rings (SSSR count). The van der Waals surface area contributed by atoms with Gasteiger partial charge in [0, 0.05) is 32.8 Å². The number of rotatable bonds is 6. The Morgan fingerprint density at radius 2 is 2.18 bits per heavy atom. The standard InChI is InChI=1S/C15H21F2N3O2/c1-22-11(8-18)7-14(21)19-10-5-6-20(9-10)15-12(16)3-2-4-13(15)17/h2-4,10-11H,5-9,18H2,1H3,(H,19,21). The van der Waals surface area contributed by atoms with Crippen LogP contribution in [0.4, 0.5) is 14.5 Å². The molecule has 7 heteroatoms. The molecule has 22 heavy (non-hydrogen) atoms. The smallest absolute Gasteiger partial charge is 0.222 e. The lowest BCUT2D eigenvalue weighted by molar-refractivity contribution is -0.123. The Bertz CT molecular complexity index is 503. The molecule has 0 radical (unpaired) electrons. The first-order valence-electron chi connectivity index (χ1n) is 7.26. The molecule has 1 aromatic rings. The highest BCUT2D eigenvalue weighted by molar-refractivity contribution is 5.77. The highest BCUT2D eigenvalue weighted by atomic mass is 19.1. The number of para-hydroxylation sites is 1. The molecule has 2 unspecified atom stereocenters. The molecule has 5 nitrogen and oxygen atoms in total. The molecule has 1 heterocycles. The van der Waals surface area contributed by atoms with Crippen molar-refractivity contribution < 1.29 is 18.3 Å². The summed E-state index contributed by atoms with van der Waals surface area (Å²) >= 11 is 0. The molecule has 1 amide bonds. The maximum Gasteiger partial charge on any atom is 0.222 e. The van der Waals surface area contributed by atoms with Crippen LogP contribution in [0.15, 0.2) is 18.2 Å². The summed E-state index contributed by atoms with van der Waals surface area (Å²) in [7, 11) is 1.50. The van der Waals surface area contributed by atoms with Crippen molar-refractivity contribution in [2.45, 2.75) is 25.0 Å². The van der Waals surface area contributed by atoms with Crippen molar-refractivity contribution in [1.82, 2.24) is 5.32 Å². The van der Waals surface area contributed by atoms with E-state index in [9.17, 15) is 13.6 Å². The number of carbonyl (C=O) groups is 1. The molecular formula is C15H21F2N3O2. The van der Waals surface area contributed by atoms with Gasteiger partial charge in [-0.1, -0.05) is 6.07 Å². The second kappa shape index (κ2) is 7.51. The number of nitrogens with zero attached hydrogens (tertiary/aromatic N) is 1. The Morgan fingerprint density at radius 3 is 2.77 bits per heavy atom. The van der Waals surface area contributed by atoms with Gasteiger partial charge in [0.25, 0.3) is 0 Å².